The monoisotopic (exact) mass is 245 g/mol. The summed E-state index contributed by atoms with van der Waals surface area (Å²) in [7, 11) is 0. The number of carbonyl (C=O) groups excluding carboxylic acids is 2. The van der Waals surface area contributed by atoms with Crippen LogP contribution in [-0.4, -0.2) is 36.0 Å². The summed E-state index contributed by atoms with van der Waals surface area (Å²) in [6.45, 7) is 2.85. The molecule has 1 fully saturated rings. The molecule has 1 saturated carbocycles. The average molecular weight is 245 g/mol. The Balaban J connectivity index is 2.09. The first kappa shape index (κ1) is 13.4. The molecule has 0 aromatic rings. The molecule has 1 rings (SSSR count). The van der Waals surface area contributed by atoms with E-state index in [0.717, 1.165) is 6.54 Å². The van der Waals surface area contributed by atoms with Crippen LogP contribution in [0.2, 0.25) is 0 Å². The van der Waals surface area contributed by atoms with Gasteiger partial charge in [0.15, 0.2) is 0 Å². The summed E-state index contributed by atoms with van der Waals surface area (Å²) in [4.78, 5) is 22.4. The van der Waals surface area contributed by atoms with Gasteiger partial charge < -0.3 is 10.1 Å². The zero-order valence-electron chi connectivity index (χ0n) is 9.88. The van der Waals surface area contributed by atoms with Crippen LogP contribution < -0.4 is 5.32 Å². The average Bonchev–Trinajstić information content (AvgIpc) is 3.05. The summed E-state index contributed by atoms with van der Waals surface area (Å²) in [6, 6.07) is 0. The van der Waals surface area contributed by atoms with Crippen molar-refractivity contribution in [3.63, 3.8) is 0 Å². The van der Waals surface area contributed by atoms with E-state index >= 15 is 0 Å². The van der Waals surface area contributed by atoms with Crippen LogP contribution in [0.1, 0.15) is 32.6 Å². The number of ether oxygens (including phenoxy) is 1. The van der Waals surface area contributed by atoms with Gasteiger partial charge in [-0.1, -0.05) is 0 Å². The lowest BCUT2D eigenvalue weighted by molar-refractivity contribution is -0.144. The molecular formula is C11H19NO3S. The maximum absolute atomic E-state index is 11.4. The lowest BCUT2D eigenvalue weighted by Crippen LogP contribution is -2.31. The van der Waals surface area contributed by atoms with Crippen molar-refractivity contribution >= 4 is 23.6 Å². The van der Waals surface area contributed by atoms with Crippen LogP contribution in [0.25, 0.3) is 0 Å². The van der Waals surface area contributed by atoms with Crippen molar-refractivity contribution in [2.45, 2.75) is 37.4 Å². The van der Waals surface area contributed by atoms with Crippen LogP contribution in [-0.2, 0) is 14.3 Å². The smallest absolute Gasteiger partial charge is 0.306 e. The Morgan fingerprint density at radius 2 is 2.06 bits per heavy atom. The number of nitrogens with one attached hydrogen (secondary N) is 1. The van der Waals surface area contributed by atoms with E-state index in [1.807, 2.05) is 0 Å². The van der Waals surface area contributed by atoms with Gasteiger partial charge in [-0.15, -0.1) is 0 Å². The molecule has 0 heterocycles. The Hall–Kier alpha value is -0.710. The van der Waals surface area contributed by atoms with Crippen LogP contribution in [0.3, 0.4) is 0 Å². The Morgan fingerprint density at radius 1 is 1.38 bits per heavy atom. The minimum absolute atomic E-state index is 0.0617. The second-order valence-corrected chi connectivity index (χ2v) is 5.24. The van der Waals surface area contributed by atoms with E-state index in [4.69, 9.17) is 4.74 Å². The first-order chi connectivity index (χ1) is 7.62. The van der Waals surface area contributed by atoms with Crippen molar-refractivity contribution < 1.29 is 14.3 Å². The molecule has 92 valence electrons. The number of thioether (sulfide) groups is 1. The van der Waals surface area contributed by atoms with Gasteiger partial charge in [0.1, 0.15) is 0 Å². The summed E-state index contributed by atoms with van der Waals surface area (Å²) < 4.78 is 5.03. The molecule has 0 radical (unpaired) electrons. The Morgan fingerprint density at radius 3 is 2.56 bits per heavy atom. The van der Waals surface area contributed by atoms with E-state index < -0.39 is 0 Å². The van der Waals surface area contributed by atoms with Gasteiger partial charge in [0.2, 0.25) is 5.91 Å². The predicted molar refractivity (Wildman–Crippen MR) is 64.4 cm³/mol. The fraction of sp³-hybridized carbons (Fsp3) is 0.818. The highest BCUT2D eigenvalue weighted by molar-refractivity contribution is 8.00. The van der Waals surface area contributed by atoms with E-state index in [2.05, 4.69) is 11.6 Å². The number of amides is 1. The zero-order chi connectivity index (χ0) is 12.0. The minimum atomic E-state index is -0.302. The molecule has 1 aliphatic rings. The molecule has 0 unspecified atom stereocenters. The molecular weight excluding hydrogens is 226 g/mol. The van der Waals surface area contributed by atoms with Crippen LogP contribution in [0.15, 0.2) is 0 Å². The van der Waals surface area contributed by atoms with E-state index in [9.17, 15) is 9.59 Å². The second kappa shape index (κ2) is 6.13. The number of esters is 1. The highest BCUT2D eigenvalue weighted by Gasteiger charge is 2.41. The van der Waals surface area contributed by atoms with E-state index in [0.29, 0.717) is 6.61 Å². The first-order valence-electron chi connectivity index (χ1n) is 5.59. The topological polar surface area (TPSA) is 55.4 Å². The fourth-order valence-corrected chi connectivity index (χ4v) is 2.12. The lowest BCUT2D eigenvalue weighted by atomic mass is 10.3. The van der Waals surface area contributed by atoms with Gasteiger partial charge in [-0.25, -0.2) is 0 Å². The van der Waals surface area contributed by atoms with Gasteiger partial charge in [0.05, 0.1) is 13.0 Å². The summed E-state index contributed by atoms with van der Waals surface area (Å²) >= 11 is 1.81. The molecule has 0 aromatic carbocycles. The number of hydrogen-bond acceptors (Lipinski definition) is 4. The largest absolute Gasteiger partial charge is 0.466 e. The van der Waals surface area contributed by atoms with Crippen molar-refractivity contribution in [1.29, 1.82) is 0 Å². The molecule has 0 atom stereocenters. The molecule has 0 aliphatic heterocycles. The maximum Gasteiger partial charge on any atom is 0.306 e. The van der Waals surface area contributed by atoms with Crippen molar-refractivity contribution in [2.24, 2.45) is 0 Å². The zero-order valence-corrected chi connectivity index (χ0v) is 10.7. The molecule has 0 bridgehead atoms. The minimum Gasteiger partial charge on any atom is -0.466 e. The maximum atomic E-state index is 11.4. The SMILES string of the molecule is CCOC(=O)CCC(=O)NCC1(SC)CC1. The van der Waals surface area contributed by atoms with Gasteiger partial charge in [0, 0.05) is 17.7 Å². The van der Waals surface area contributed by atoms with Crippen molar-refractivity contribution in [1.82, 2.24) is 5.32 Å². The van der Waals surface area contributed by atoms with Crippen molar-refractivity contribution in [2.75, 3.05) is 19.4 Å². The normalized spacial score (nSPS) is 16.6. The van der Waals surface area contributed by atoms with Crippen LogP contribution in [0.4, 0.5) is 0 Å². The molecule has 5 heteroatoms. The van der Waals surface area contributed by atoms with E-state index in [1.165, 1.54) is 12.8 Å². The standard InChI is InChI=1S/C11H19NO3S/c1-3-15-10(14)5-4-9(13)12-8-11(16-2)6-7-11/h3-8H2,1-2H3,(H,12,13). The second-order valence-electron chi connectivity index (χ2n) is 3.97. The van der Waals surface area contributed by atoms with Crippen LogP contribution in [0.5, 0.6) is 0 Å². The molecule has 4 nitrogen and oxygen atoms in total. The molecule has 1 aliphatic carbocycles. The molecule has 1 amide bonds. The first-order valence-corrected chi connectivity index (χ1v) is 6.82. The Bertz CT molecular complexity index is 264. The van der Waals surface area contributed by atoms with Crippen molar-refractivity contribution in [3.05, 3.63) is 0 Å². The molecule has 0 spiro atoms. The van der Waals surface area contributed by atoms with E-state index in [1.54, 1.807) is 18.7 Å². The molecule has 1 N–H and O–H groups in total. The Labute approximate surface area is 100 Å². The van der Waals surface area contributed by atoms with Gasteiger partial charge in [-0.3, -0.25) is 9.59 Å². The van der Waals surface area contributed by atoms with Gasteiger partial charge in [-0.2, -0.15) is 11.8 Å². The van der Waals surface area contributed by atoms with Crippen LogP contribution in [0, 0.1) is 0 Å². The highest BCUT2D eigenvalue weighted by Crippen LogP contribution is 2.46. The molecule has 16 heavy (non-hydrogen) atoms. The third kappa shape index (κ3) is 4.43. The summed E-state index contributed by atoms with van der Waals surface area (Å²) in [6.07, 6.45) is 4.81. The summed E-state index contributed by atoms with van der Waals surface area (Å²) in [5.74, 6) is -0.364. The molecule has 0 saturated heterocycles. The number of carbonyl (C=O) groups is 2. The van der Waals surface area contributed by atoms with Crippen molar-refractivity contribution in [3.8, 4) is 0 Å². The fourth-order valence-electron chi connectivity index (χ4n) is 1.39. The number of hydrogen-bond donors (Lipinski definition) is 1. The predicted octanol–water partition coefficient (Wildman–Crippen LogP) is 1.34. The Kier molecular flexibility index (Phi) is 5.12. The van der Waals surface area contributed by atoms with Gasteiger partial charge >= 0.3 is 5.97 Å². The third-order valence-electron chi connectivity index (χ3n) is 2.71. The van der Waals surface area contributed by atoms with E-state index in [-0.39, 0.29) is 29.5 Å². The van der Waals surface area contributed by atoms with Crippen LogP contribution >= 0.6 is 11.8 Å². The van der Waals surface area contributed by atoms with Gasteiger partial charge in [-0.05, 0) is 26.0 Å². The lowest BCUT2D eigenvalue weighted by Gasteiger charge is -2.12. The third-order valence-corrected chi connectivity index (χ3v) is 4.13. The van der Waals surface area contributed by atoms with Gasteiger partial charge in [0.25, 0.3) is 0 Å². The number of rotatable bonds is 7. The molecule has 0 aromatic heterocycles. The summed E-state index contributed by atoms with van der Waals surface area (Å²) in [5.41, 5.74) is 0. The summed E-state index contributed by atoms with van der Waals surface area (Å²) in [5, 5.41) is 2.87. The quantitative estimate of drug-likeness (QED) is 0.688. The highest BCUT2D eigenvalue weighted by atomic mass is 32.2.